The van der Waals surface area contributed by atoms with Crippen molar-refractivity contribution < 1.29 is 68.9 Å². The smallest absolute Gasteiger partial charge is 0.306 e. The molecule has 2 aromatic carbocycles. The van der Waals surface area contributed by atoms with Gasteiger partial charge >= 0.3 is 35.8 Å². The summed E-state index contributed by atoms with van der Waals surface area (Å²) in [5.74, 6) is -10.1. The van der Waals surface area contributed by atoms with Crippen LogP contribution in [-0.2, 0) is 67.3 Å². The molecule has 474 valence electrons. The van der Waals surface area contributed by atoms with Crippen molar-refractivity contribution in [2.24, 2.45) is 35.5 Å². The van der Waals surface area contributed by atoms with Gasteiger partial charge in [-0.3, -0.25) is 58.7 Å². The van der Waals surface area contributed by atoms with Crippen molar-refractivity contribution >= 4 is 35.8 Å². The Labute approximate surface area is 524 Å². The van der Waals surface area contributed by atoms with Crippen molar-refractivity contribution in [1.29, 1.82) is 0 Å². The number of hydrogen-bond acceptors (Lipinski definition) is 14. The molecule has 8 aromatic rings. The zero-order valence-electron chi connectivity index (χ0n) is 50.6. The third-order valence-electron chi connectivity index (χ3n) is 14.5. The number of benzene rings is 2. The number of carbonyl (C=O) groups is 6. The van der Waals surface area contributed by atoms with Crippen LogP contribution < -0.4 is 9.47 Å². The fourth-order valence-corrected chi connectivity index (χ4v) is 9.49. The lowest BCUT2D eigenvalue weighted by Gasteiger charge is -2.28. The molecule has 6 N–H and O–H groups in total. The van der Waals surface area contributed by atoms with Crippen molar-refractivity contribution in [2.75, 3.05) is 14.2 Å². The Morgan fingerprint density at radius 1 is 0.289 bits per heavy atom. The van der Waals surface area contributed by atoms with Crippen LogP contribution in [0.4, 0.5) is 0 Å². The molecule has 0 amide bonds. The lowest BCUT2D eigenvalue weighted by molar-refractivity contribution is -0.156. The summed E-state index contributed by atoms with van der Waals surface area (Å²) in [4.78, 5) is 88.2. The average molecular weight is 1230 g/mol. The van der Waals surface area contributed by atoms with E-state index in [1.54, 1.807) is 14.2 Å². The first kappa shape index (κ1) is 72.2. The van der Waals surface area contributed by atoms with Gasteiger partial charge in [-0.15, -0.1) is 0 Å². The zero-order valence-corrected chi connectivity index (χ0v) is 50.6. The molecule has 0 spiro atoms. The molecule has 2 saturated carbocycles. The highest BCUT2D eigenvalue weighted by Crippen LogP contribution is 2.35. The molecule has 0 unspecified atom stereocenters. The lowest BCUT2D eigenvalue weighted by atomic mass is 9.75. The number of rotatable bonds is 19. The number of carboxylic acids is 6. The van der Waals surface area contributed by atoms with E-state index in [1.165, 1.54) is 46.2 Å². The molecule has 0 aliphatic heterocycles. The second-order valence-corrected chi connectivity index (χ2v) is 21.0. The number of aliphatic carboxylic acids is 6. The fraction of sp³-hybridized carbons (Fsp3) is 0.314. The zero-order chi connectivity index (χ0) is 65.1. The number of methoxy groups -OCH3 is 2. The van der Waals surface area contributed by atoms with Crippen molar-refractivity contribution in [1.82, 2.24) is 29.9 Å². The molecular formula is C70H80N6O14. The van der Waals surface area contributed by atoms with E-state index in [-0.39, 0.29) is 38.5 Å². The summed E-state index contributed by atoms with van der Waals surface area (Å²) in [6, 6.07) is 44.2. The van der Waals surface area contributed by atoms with Crippen LogP contribution in [0, 0.1) is 35.5 Å². The van der Waals surface area contributed by atoms with Crippen molar-refractivity contribution in [3.63, 3.8) is 0 Å². The van der Waals surface area contributed by atoms with Gasteiger partial charge in [0.15, 0.2) is 0 Å². The topological polar surface area (TPSA) is 320 Å². The summed E-state index contributed by atoms with van der Waals surface area (Å²) in [7, 11) is 3.32. The Kier molecular flexibility index (Phi) is 34.2. The monoisotopic (exact) mass is 1230 g/mol. The molecular weight excluding hydrogens is 1150 g/mol. The third-order valence-corrected chi connectivity index (χ3v) is 14.5. The average Bonchev–Trinajstić information content (AvgIpc) is 1.73. The van der Waals surface area contributed by atoms with Gasteiger partial charge in [0, 0.05) is 74.4 Å². The maximum atomic E-state index is 10.7. The Balaban J connectivity index is 0.000000227. The van der Waals surface area contributed by atoms with Gasteiger partial charge in [-0.05, 0) is 220 Å². The number of unbranched alkanes of at least 4 members (excludes halogenated alkanes) is 1. The van der Waals surface area contributed by atoms with Crippen LogP contribution in [0.1, 0.15) is 84.7 Å². The highest BCUT2D eigenvalue weighted by molar-refractivity contribution is 5.79. The fourth-order valence-electron chi connectivity index (χ4n) is 9.49. The van der Waals surface area contributed by atoms with E-state index in [4.69, 9.17) is 40.1 Å². The number of pyridine rings is 6. The van der Waals surface area contributed by atoms with Crippen LogP contribution in [0.3, 0.4) is 0 Å². The molecule has 2 aliphatic rings. The molecule has 10 rings (SSSR count). The summed E-state index contributed by atoms with van der Waals surface area (Å²) in [6.45, 7) is 0. The highest BCUT2D eigenvalue weighted by atomic mass is 16.5. The first-order valence-corrected chi connectivity index (χ1v) is 29.4. The van der Waals surface area contributed by atoms with Gasteiger partial charge in [0.1, 0.15) is 11.5 Å². The van der Waals surface area contributed by atoms with Crippen molar-refractivity contribution in [3.8, 4) is 11.5 Å². The minimum atomic E-state index is -1.12. The Hall–Kier alpha value is -10.2. The SMILES string of the molecule is COc1ccccc1.COc1ccccc1.O=C(O)C1CC(C(=O)O)CC(C(=O)O)C1.O=C(O)C1CC(C(=O)O)CC(C(=O)O)C1.c1cc(CCCCc2ccncc2)ccn1.c1cc(CCc2ccncc2)ccn1.c1cc(CCc2ccncc2)ccn1. The minimum Gasteiger partial charge on any atom is -0.497 e. The van der Waals surface area contributed by atoms with E-state index in [0.717, 1.165) is 50.0 Å². The van der Waals surface area contributed by atoms with E-state index in [1.807, 2.05) is 135 Å². The Morgan fingerprint density at radius 2 is 0.456 bits per heavy atom. The van der Waals surface area contributed by atoms with E-state index < -0.39 is 71.3 Å². The quantitative estimate of drug-likeness (QED) is 0.0410. The number of carboxylic acid groups (broad SMARTS) is 6. The maximum Gasteiger partial charge on any atom is 0.306 e. The molecule has 0 saturated heterocycles. The summed E-state index contributed by atoms with van der Waals surface area (Å²) in [6.07, 6.45) is 31.3. The molecule has 0 bridgehead atoms. The molecule has 0 atom stereocenters. The molecule has 2 aliphatic carbocycles. The third kappa shape index (κ3) is 30.4. The largest absolute Gasteiger partial charge is 0.497 e. The Morgan fingerprint density at radius 3 is 0.600 bits per heavy atom. The molecule has 0 radical (unpaired) electrons. The second kappa shape index (κ2) is 42.6. The Bertz CT molecular complexity index is 2850. The number of para-hydroxylation sites is 2. The van der Waals surface area contributed by atoms with Crippen LogP contribution in [0.5, 0.6) is 11.5 Å². The minimum absolute atomic E-state index is 0.0223. The van der Waals surface area contributed by atoms with Crippen LogP contribution >= 0.6 is 0 Å². The molecule has 90 heavy (non-hydrogen) atoms. The van der Waals surface area contributed by atoms with Gasteiger partial charge in [0.25, 0.3) is 0 Å². The standard InChI is InChI=1S/C14H16N2.2C12H12N2.2C9H12O6.2C7H8O/c1(3-13-5-9-15-10-6-13)2-4-14-7-11-16-12-8-14;2*1(11-3-7-13-8-4-11)2-12-5-9-14-10-6-12;2*10-7(11)4-1-5(8(12)13)3-6(2-4)9(14)15;2*1-8-7-5-3-2-4-6-7/h5-12H,1-4H2;2*3-10H,1-2H2;2*4-6H,1-3H2,(H,10,11)(H,12,13)(H,14,15);2*2-6H,1H3. The van der Waals surface area contributed by atoms with Gasteiger partial charge in [-0.25, -0.2) is 0 Å². The molecule has 2 fully saturated rings. The molecule has 6 aromatic heterocycles. The van der Waals surface area contributed by atoms with E-state index in [9.17, 15) is 28.8 Å². The predicted molar refractivity (Wildman–Crippen MR) is 337 cm³/mol. The maximum absolute atomic E-state index is 10.7. The first-order valence-electron chi connectivity index (χ1n) is 29.4. The molecule has 20 nitrogen and oxygen atoms in total. The summed E-state index contributed by atoms with van der Waals surface area (Å²) in [5.41, 5.74) is 8.08. The summed E-state index contributed by atoms with van der Waals surface area (Å²) >= 11 is 0. The normalized spacial score (nSPS) is 16.7. The molecule has 6 heterocycles. The summed E-state index contributed by atoms with van der Waals surface area (Å²) < 4.78 is 9.83. The van der Waals surface area contributed by atoms with E-state index in [0.29, 0.717) is 0 Å². The van der Waals surface area contributed by atoms with Crippen LogP contribution in [0.25, 0.3) is 0 Å². The number of aryl methyl sites for hydroxylation is 6. The summed E-state index contributed by atoms with van der Waals surface area (Å²) in [5, 5.41) is 52.5. The number of nitrogens with zero attached hydrogens (tertiary/aromatic N) is 6. The van der Waals surface area contributed by atoms with Gasteiger partial charge in [0.2, 0.25) is 0 Å². The van der Waals surface area contributed by atoms with Crippen LogP contribution in [-0.4, -0.2) is 111 Å². The van der Waals surface area contributed by atoms with E-state index in [2.05, 4.69) is 103 Å². The van der Waals surface area contributed by atoms with Gasteiger partial charge < -0.3 is 40.1 Å². The van der Waals surface area contributed by atoms with Gasteiger partial charge in [0.05, 0.1) is 49.7 Å². The van der Waals surface area contributed by atoms with Crippen LogP contribution in [0.2, 0.25) is 0 Å². The number of ether oxygens (including phenoxy) is 2. The number of hydrogen-bond donors (Lipinski definition) is 6. The lowest BCUT2D eigenvalue weighted by Crippen LogP contribution is -2.34. The van der Waals surface area contributed by atoms with Crippen molar-refractivity contribution in [3.05, 3.63) is 241 Å². The first-order chi connectivity index (χ1) is 43.5. The van der Waals surface area contributed by atoms with Crippen LogP contribution in [0.15, 0.2) is 208 Å². The highest BCUT2D eigenvalue weighted by Gasteiger charge is 2.40. The second-order valence-electron chi connectivity index (χ2n) is 21.0. The van der Waals surface area contributed by atoms with Gasteiger partial charge in [-0.2, -0.15) is 0 Å². The predicted octanol–water partition coefficient (Wildman–Crippen LogP) is 11.5. The van der Waals surface area contributed by atoms with Gasteiger partial charge in [-0.1, -0.05) is 36.4 Å². The van der Waals surface area contributed by atoms with Crippen molar-refractivity contribution in [2.45, 2.75) is 89.9 Å². The molecule has 20 heteroatoms. The van der Waals surface area contributed by atoms with E-state index >= 15 is 0 Å². The number of aromatic nitrogens is 6.